The molecule has 0 aliphatic rings. The van der Waals surface area contributed by atoms with Crippen molar-refractivity contribution >= 4 is 50.5 Å². The van der Waals surface area contributed by atoms with Gasteiger partial charge in [0.25, 0.3) is 5.91 Å². The van der Waals surface area contributed by atoms with Crippen LogP contribution in [0.15, 0.2) is 22.7 Å². The molecule has 4 nitrogen and oxygen atoms in total. The molecular weight excluding hydrogens is 326 g/mol. The number of rotatable bonds is 2. The maximum absolute atomic E-state index is 11.8. The average molecular weight is 333 g/mol. The van der Waals surface area contributed by atoms with Gasteiger partial charge in [0.15, 0.2) is 0 Å². The van der Waals surface area contributed by atoms with Crippen molar-refractivity contribution in [3.05, 3.63) is 37.7 Å². The summed E-state index contributed by atoms with van der Waals surface area (Å²) in [6.45, 7) is 1.91. The highest BCUT2D eigenvalue weighted by Gasteiger charge is 2.13. The number of carbonyl (C=O) groups excluding carboxylic acids is 1. The van der Waals surface area contributed by atoms with Crippen LogP contribution in [0.3, 0.4) is 0 Å². The van der Waals surface area contributed by atoms with Crippen LogP contribution in [-0.4, -0.2) is 16.1 Å². The van der Waals surface area contributed by atoms with Gasteiger partial charge in [-0.05, 0) is 36.2 Å². The van der Waals surface area contributed by atoms with Crippen molar-refractivity contribution in [1.82, 2.24) is 10.2 Å². The first-order chi connectivity index (χ1) is 8.06. The lowest BCUT2D eigenvalue weighted by molar-refractivity contribution is 0.102. The van der Waals surface area contributed by atoms with E-state index in [1.165, 1.54) is 0 Å². The lowest BCUT2D eigenvalue weighted by atomic mass is 10.2. The zero-order valence-electron chi connectivity index (χ0n) is 8.70. The molecule has 1 amide bonds. The molecule has 1 heterocycles. The number of nitrogens with one attached hydrogen (secondary N) is 1. The highest BCUT2D eigenvalue weighted by Crippen LogP contribution is 2.22. The Balaban J connectivity index is 2.21. The van der Waals surface area contributed by atoms with Crippen molar-refractivity contribution in [3.63, 3.8) is 0 Å². The van der Waals surface area contributed by atoms with Crippen molar-refractivity contribution in [3.8, 4) is 0 Å². The van der Waals surface area contributed by atoms with Crippen LogP contribution in [0.5, 0.6) is 0 Å². The molecule has 0 saturated heterocycles. The number of hydrogen-bond donors (Lipinski definition) is 1. The normalized spacial score (nSPS) is 10.3. The monoisotopic (exact) mass is 331 g/mol. The first-order valence-corrected chi connectivity index (χ1v) is 6.61. The van der Waals surface area contributed by atoms with Crippen LogP contribution in [0.2, 0.25) is 4.47 Å². The summed E-state index contributed by atoms with van der Waals surface area (Å²) < 4.78 is 1.15. The number of aryl methyl sites for hydroxylation is 1. The van der Waals surface area contributed by atoms with E-state index in [1.54, 1.807) is 0 Å². The Morgan fingerprint density at radius 1 is 1.47 bits per heavy atom. The van der Waals surface area contributed by atoms with E-state index in [0.29, 0.717) is 0 Å². The van der Waals surface area contributed by atoms with Crippen molar-refractivity contribution in [1.29, 1.82) is 0 Å². The van der Waals surface area contributed by atoms with Gasteiger partial charge in [0, 0.05) is 10.2 Å². The second-order valence-electron chi connectivity index (χ2n) is 3.27. The summed E-state index contributed by atoms with van der Waals surface area (Å²) in [6, 6.07) is 5.65. The summed E-state index contributed by atoms with van der Waals surface area (Å²) in [5.74, 6) is -0.310. The minimum absolute atomic E-state index is 0.245. The molecule has 88 valence electrons. The van der Waals surface area contributed by atoms with E-state index in [4.69, 9.17) is 11.6 Å². The Bertz CT molecular complexity index is 572. The Hall–Kier alpha value is -0.980. The molecule has 0 unspecified atom stereocenters. The van der Waals surface area contributed by atoms with Gasteiger partial charge in [0.05, 0.1) is 0 Å². The molecule has 1 aromatic carbocycles. The maximum Gasteiger partial charge on any atom is 0.286 e. The molecule has 0 atom stereocenters. The van der Waals surface area contributed by atoms with Gasteiger partial charge in [0.1, 0.15) is 0 Å². The Morgan fingerprint density at radius 3 is 2.88 bits per heavy atom. The van der Waals surface area contributed by atoms with E-state index >= 15 is 0 Å². The number of halogens is 2. The second-order valence-corrected chi connectivity index (χ2v) is 5.75. The average Bonchev–Trinajstić information content (AvgIpc) is 2.70. The molecule has 0 aliphatic carbocycles. The Labute approximate surface area is 115 Å². The Morgan fingerprint density at radius 2 is 2.24 bits per heavy atom. The number of anilines is 1. The molecule has 0 aliphatic heterocycles. The van der Waals surface area contributed by atoms with E-state index in [2.05, 4.69) is 31.4 Å². The Kier molecular flexibility index (Phi) is 3.76. The molecule has 1 N–H and O–H groups in total. The molecule has 0 saturated carbocycles. The fraction of sp³-hybridized carbons (Fsp3) is 0.100. The SMILES string of the molecule is Cc1ccc(Br)cc1NC(=O)c1nnc(Cl)s1. The lowest BCUT2D eigenvalue weighted by Gasteiger charge is -2.06. The summed E-state index contributed by atoms with van der Waals surface area (Å²) >= 11 is 10.0. The molecular formula is C10H7BrClN3OS. The van der Waals surface area contributed by atoms with Crippen LogP contribution in [0.25, 0.3) is 0 Å². The lowest BCUT2D eigenvalue weighted by Crippen LogP contribution is -2.12. The number of nitrogens with zero attached hydrogens (tertiary/aromatic N) is 2. The van der Waals surface area contributed by atoms with Gasteiger partial charge >= 0.3 is 0 Å². The fourth-order valence-corrected chi connectivity index (χ4v) is 2.29. The van der Waals surface area contributed by atoms with Gasteiger partial charge in [-0.1, -0.05) is 33.3 Å². The summed E-state index contributed by atoms with van der Waals surface area (Å²) in [7, 11) is 0. The number of carbonyl (C=O) groups is 1. The third-order valence-corrected chi connectivity index (χ3v) is 3.55. The smallest absolute Gasteiger partial charge is 0.286 e. The number of hydrogen-bond acceptors (Lipinski definition) is 4. The van der Waals surface area contributed by atoms with Crippen LogP contribution in [-0.2, 0) is 0 Å². The zero-order valence-corrected chi connectivity index (χ0v) is 11.9. The summed E-state index contributed by atoms with van der Waals surface area (Å²) in [5, 5.41) is 10.3. The molecule has 2 aromatic rings. The highest BCUT2D eigenvalue weighted by molar-refractivity contribution is 9.10. The quantitative estimate of drug-likeness (QED) is 0.915. The minimum Gasteiger partial charge on any atom is -0.320 e. The summed E-state index contributed by atoms with van der Waals surface area (Å²) in [4.78, 5) is 11.8. The first-order valence-electron chi connectivity index (χ1n) is 4.63. The standard InChI is InChI=1S/C10H7BrClN3OS/c1-5-2-3-6(11)4-7(5)13-8(16)9-14-15-10(12)17-9/h2-4H,1H3,(H,13,16). The van der Waals surface area contributed by atoms with Crippen LogP contribution < -0.4 is 5.32 Å². The summed E-state index contributed by atoms with van der Waals surface area (Å²) in [6.07, 6.45) is 0. The van der Waals surface area contributed by atoms with E-state index in [9.17, 15) is 4.79 Å². The molecule has 0 radical (unpaired) electrons. The molecule has 2 rings (SSSR count). The van der Waals surface area contributed by atoms with Crippen molar-refractivity contribution < 1.29 is 4.79 Å². The van der Waals surface area contributed by atoms with Crippen LogP contribution in [0.4, 0.5) is 5.69 Å². The molecule has 0 fully saturated rings. The second kappa shape index (κ2) is 5.12. The van der Waals surface area contributed by atoms with Gasteiger partial charge in [0.2, 0.25) is 9.47 Å². The molecule has 0 spiro atoms. The van der Waals surface area contributed by atoms with Crippen LogP contribution in [0, 0.1) is 6.92 Å². The molecule has 1 aromatic heterocycles. The van der Waals surface area contributed by atoms with E-state index < -0.39 is 0 Å². The van der Waals surface area contributed by atoms with Gasteiger partial charge in [-0.15, -0.1) is 10.2 Å². The fourth-order valence-electron chi connectivity index (χ4n) is 1.20. The topological polar surface area (TPSA) is 54.9 Å². The predicted octanol–water partition coefficient (Wildman–Crippen LogP) is 3.51. The molecule has 0 bridgehead atoms. The van der Waals surface area contributed by atoms with Crippen molar-refractivity contribution in [2.75, 3.05) is 5.32 Å². The van der Waals surface area contributed by atoms with Crippen molar-refractivity contribution in [2.24, 2.45) is 0 Å². The van der Waals surface area contributed by atoms with E-state index in [-0.39, 0.29) is 15.4 Å². The van der Waals surface area contributed by atoms with Crippen LogP contribution >= 0.6 is 38.9 Å². The highest BCUT2D eigenvalue weighted by atomic mass is 79.9. The molecule has 7 heteroatoms. The largest absolute Gasteiger partial charge is 0.320 e. The van der Waals surface area contributed by atoms with Gasteiger partial charge in [-0.3, -0.25) is 4.79 Å². The van der Waals surface area contributed by atoms with E-state index in [1.807, 2.05) is 25.1 Å². The van der Waals surface area contributed by atoms with E-state index in [0.717, 1.165) is 27.1 Å². The number of benzene rings is 1. The van der Waals surface area contributed by atoms with Crippen molar-refractivity contribution in [2.45, 2.75) is 6.92 Å². The number of aromatic nitrogens is 2. The van der Waals surface area contributed by atoms with Gasteiger partial charge in [-0.25, -0.2) is 0 Å². The third kappa shape index (κ3) is 3.02. The zero-order chi connectivity index (χ0) is 12.4. The van der Waals surface area contributed by atoms with Gasteiger partial charge in [-0.2, -0.15) is 0 Å². The first kappa shape index (κ1) is 12.5. The molecule has 17 heavy (non-hydrogen) atoms. The minimum atomic E-state index is -0.310. The van der Waals surface area contributed by atoms with Gasteiger partial charge < -0.3 is 5.32 Å². The summed E-state index contributed by atoms with van der Waals surface area (Å²) in [5.41, 5.74) is 1.70. The number of amides is 1. The maximum atomic E-state index is 11.8. The van der Waals surface area contributed by atoms with Crippen LogP contribution in [0.1, 0.15) is 15.4 Å². The third-order valence-electron chi connectivity index (χ3n) is 2.04. The predicted molar refractivity (Wildman–Crippen MR) is 71.8 cm³/mol.